The van der Waals surface area contributed by atoms with Crippen LogP contribution in [-0.2, 0) is 6.42 Å². The van der Waals surface area contributed by atoms with Gasteiger partial charge in [0.15, 0.2) is 5.72 Å². The molecular weight excluding hydrogens is 212 g/mol. The zero-order valence-electron chi connectivity index (χ0n) is 10.9. The van der Waals surface area contributed by atoms with Gasteiger partial charge in [0.2, 0.25) is 0 Å². The number of nitrogens with zero attached hydrogens (tertiary/aromatic N) is 2. The lowest BCUT2D eigenvalue weighted by molar-refractivity contribution is 0.0611. The first-order chi connectivity index (χ1) is 8.03. The molecule has 0 bridgehead atoms. The molecule has 0 fully saturated rings. The number of rotatable bonds is 6. The van der Waals surface area contributed by atoms with Crippen molar-refractivity contribution in [1.29, 1.82) is 0 Å². The fourth-order valence-corrected chi connectivity index (χ4v) is 1.48. The molecule has 0 aliphatic rings. The van der Waals surface area contributed by atoms with Gasteiger partial charge in [-0.3, -0.25) is 0 Å². The number of benzene rings is 1. The Morgan fingerprint density at radius 1 is 1.29 bits per heavy atom. The second-order valence-corrected chi connectivity index (χ2v) is 4.82. The fourth-order valence-electron chi connectivity index (χ4n) is 1.48. The van der Waals surface area contributed by atoms with Gasteiger partial charge in [-0.2, -0.15) is 10.2 Å². The summed E-state index contributed by atoms with van der Waals surface area (Å²) < 4.78 is 0. The Balaban J connectivity index is 2.51. The van der Waals surface area contributed by atoms with Crippen LogP contribution >= 0.6 is 0 Å². The summed E-state index contributed by atoms with van der Waals surface area (Å²) in [6.07, 6.45) is 1.58. The van der Waals surface area contributed by atoms with Crippen LogP contribution in [0.15, 0.2) is 40.6 Å². The van der Waals surface area contributed by atoms with Crippen LogP contribution in [0.4, 0.5) is 0 Å². The molecule has 2 unspecified atom stereocenters. The molecule has 0 amide bonds. The van der Waals surface area contributed by atoms with Crippen LogP contribution in [0.25, 0.3) is 0 Å². The quantitative estimate of drug-likeness (QED) is 0.753. The predicted octanol–water partition coefficient (Wildman–Crippen LogP) is 3.44. The van der Waals surface area contributed by atoms with E-state index in [-0.39, 0.29) is 0 Å². The molecule has 1 rings (SSSR count). The lowest BCUT2D eigenvalue weighted by atomic mass is 10.1. The monoisotopic (exact) mass is 234 g/mol. The number of hydrogen-bond acceptors (Lipinski definition) is 3. The summed E-state index contributed by atoms with van der Waals surface area (Å²) >= 11 is 0. The third-order valence-corrected chi connectivity index (χ3v) is 2.76. The molecule has 3 heteroatoms. The Morgan fingerprint density at radius 2 is 1.94 bits per heavy atom. The molecule has 94 valence electrons. The molecular formula is C14H22N2O. The van der Waals surface area contributed by atoms with Crippen molar-refractivity contribution in [3.05, 3.63) is 35.9 Å². The highest BCUT2D eigenvalue weighted by molar-refractivity contribution is 5.16. The van der Waals surface area contributed by atoms with Gasteiger partial charge in [0, 0.05) is 6.42 Å². The Morgan fingerprint density at radius 3 is 2.53 bits per heavy atom. The predicted molar refractivity (Wildman–Crippen MR) is 69.9 cm³/mol. The van der Waals surface area contributed by atoms with E-state index in [1.807, 2.05) is 30.3 Å². The Bertz CT molecular complexity index is 346. The van der Waals surface area contributed by atoms with E-state index >= 15 is 0 Å². The van der Waals surface area contributed by atoms with Crippen molar-refractivity contribution in [3.63, 3.8) is 0 Å². The van der Waals surface area contributed by atoms with Gasteiger partial charge in [-0.15, -0.1) is 0 Å². The van der Waals surface area contributed by atoms with Gasteiger partial charge < -0.3 is 5.11 Å². The van der Waals surface area contributed by atoms with Crippen LogP contribution < -0.4 is 0 Å². The third kappa shape index (κ3) is 5.59. The molecule has 0 saturated heterocycles. The number of aliphatic hydroxyl groups is 1. The third-order valence-electron chi connectivity index (χ3n) is 2.76. The van der Waals surface area contributed by atoms with Crippen LogP contribution in [0.3, 0.4) is 0 Å². The summed E-state index contributed by atoms with van der Waals surface area (Å²) in [5, 5.41) is 18.2. The van der Waals surface area contributed by atoms with Gasteiger partial charge in [-0.05, 0) is 18.4 Å². The summed E-state index contributed by atoms with van der Waals surface area (Å²) in [5.74, 6) is 0.520. The standard InChI is InChI=1S/C14H22N2O/c1-4-12(2)11-15-16-14(3,17)10-13-8-6-5-7-9-13/h5-9,12,17H,4,10-11H2,1-3H3. The molecule has 1 aromatic rings. The molecule has 0 aromatic heterocycles. The van der Waals surface area contributed by atoms with Crippen LogP contribution in [0.5, 0.6) is 0 Å². The lowest BCUT2D eigenvalue weighted by Gasteiger charge is -2.17. The van der Waals surface area contributed by atoms with Crippen LogP contribution in [0.1, 0.15) is 32.8 Å². The maximum absolute atomic E-state index is 10.1. The Hall–Kier alpha value is -1.22. The molecule has 0 aliphatic carbocycles. The van der Waals surface area contributed by atoms with Crippen molar-refractivity contribution >= 4 is 0 Å². The number of azo groups is 1. The minimum atomic E-state index is -1.10. The molecule has 0 spiro atoms. The maximum Gasteiger partial charge on any atom is 0.177 e. The zero-order valence-corrected chi connectivity index (χ0v) is 10.9. The SMILES string of the molecule is CCC(C)CN=NC(C)(O)Cc1ccccc1. The second kappa shape index (κ2) is 6.50. The summed E-state index contributed by atoms with van der Waals surface area (Å²) in [6.45, 7) is 6.63. The number of hydrogen-bond donors (Lipinski definition) is 1. The highest BCUT2D eigenvalue weighted by Gasteiger charge is 2.19. The first kappa shape index (κ1) is 13.8. The minimum Gasteiger partial charge on any atom is -0.368 e. The van der Waals surface area contributed by atoms with Crippen molar-refractivity contribution < 1.29 is 5.11 Å². The van der Waals surface area contributed by atoms with Gasteiger partial charge in [0.1, 0.15) is 0 Å². The molecule has 3 nitrogen and oxygen atoms in total. The summed E-state index contributed by atoms with van der Waals surface area (Å²) in [6, 6.07) is 9.85. The van der Waals surface area contributed by atoms with Crippen molar-refractivity contribution in [2.24, 2.45) is 16.1 Å². The normalized spacial score (nSPS) is 16.9. The highest BCUT2D eigenvalue weighted by Crippen LogP contribution is 2.15. The molecule has 0 heterocycles. The summed E-state index contributed by atoms with van der Waals surface area (Å²) in [5.41, 5.74) is -0.0329. The van der Waals surface area contributed by atoms with E-state index in [1.54, 1.807) is 6.92 Å². The second-order valence-electron chi connectivity index (χ2n) is 4.82. The smallest absolute Gasteiger partial charge is 0.177 e. The Kier molecular flexibility index (Phi) is 5.29. The van der Waals surface area contributed by atoms with E-state index in [0.29, 0.717) is 18.9 Å². The minimum absolute atomic E-state index is 0.498. The van der Waals surface area contributed by atoms with Gasteiger partial charge >= 0.3 is 0 Å². The van der Waals surface area contributed by atoms with E-state index in [0.717, 1.165) is 12.0 Å². The van der Waals surface area contributed by atoms with E-state index in [1.165, 1.54) is 0 Å². The largest absolute Gasteiger partial charge is 0.368 e. The average molecular weight is 234 g/mol. The van der Waals surface area contributed by atoms with Gasteiger partial charge in [0.05, 0.1) is 6.54 Å². The van der Waals surface area contributed by atoms with E-state index in [9.17, 15) is 5.11 Å². The highest BCUT2D eigenvalue weighted by atomic mass is 16.3. The van der Waals surface area contributed by atoms with E-state index in [2.05, 4.69) is 24.1 Å². The van der Waals surface area contributed by atoms with Gasteiger partial charge in [-0.1, -0.05) is 50.6 Å². The first-order valence-electron chi connectivity index (χ1n) is 6.18. The van der Waals surface area contributed by atoms with Crippen LogP contribution in [-0.4, -0.2) is 17.4 Å². The summed E-state index contributed by atoms with van der Waals surface area (Å²) in [7, 11) is 0. The molecule has 0 saturated carbocycles. The molecule has 1 N–H and O–H groups in total. The van der Waals surface area contributed by atoms with Crippen molar-refractivity contribution in [2.45, 2.75) is 39.3 Å². The van der Waals surface area contributed by atoms with Crippen LogP contribution in [0.2, 0.25) is 0 Å². The van der Waals surface area contributed by atoms with Crippen molar-refractivity contribution in [2.75, 3.05) is 6.54 Å². The Labute approximate surface area is 104 Å². The van der Waals surface area contributed by atoms with Gasteiger partial charge in [-0.25, -0.2) is 0 Å². The average Bonchev–Trinajstić information content (AvgIpc) is 2.29. The van der Waals surface area contributed by atoms with Crippen molar-refractivity contribution in [3.8, 4) is 0 Å². The lowest BCUT2D eigenvalue weighted by Crippen LogP contribution is -2.23. The summed E-state index contributed by atoms with van der Waals surface area (Å²) in [4.78, 5) is 0. The topological polar surface area (TPSA) is 45.0 Å². The maximum atomic E-state index is 10.1. The molecule has 1 aromatic carbocycles. The van der Waals surface area contributed by atoms with Gasteiger partial charge in [0.25, 0.3) is 0 Å². The van der Waals surface area contributed by atoms with E-state index < -0.39 is 5.72 Å². The molecule has 2 atom stereocenters. The molecule has 0 aliphatic heterocycles. The molecule has 0 radical (unpaired) electrons. The molecule has 17 heavy (non-hydrogen) atoms. The van der Waals surface area contributed by atoms with Crippen LogP contribution in [0, 0.1) is 5.92 Å². The van der Waals surface area contributed by atoms with Crippen molar-refractivity contribution in [1.82, 2.24) is 0 Å². The van der Waals surface area contributed by atoms with E-state index in [4.69, 9.17) is 0 Å². The zero-order chi connectivity index (χ0) is 12.7. The first-order valence-corrected chi connectivity index (χ1v) is 6.18. The fraction of sp³-hybridized carbons (Fsp3) is 0.571.